The molecular formula is C16H27N3. The number of hydrogen-bond acceptors (Lipinski definition) is 3. The van der Waals surface area contributed by atoms with Crippen LogP contribution in [0.4, 0.5) is 0 Å². The first-order chi connectivity index (χ1) is 9.22. The van der Waals surface area contributed by atoms with E-state index in [0.717, 1.165) is 26.2 Å². The molecule has 106 valence electrons. The molecule has 1 N–H and O–H groups in total. The summed E-state index contributed by atoms with van der Waals surface area (Å²) in [6.07, 6.45) is 2.80. The van der Waals surface area contributed by atoms with Crippen LogP contribution in [-0.4, -0.2) is 50.1 Å². The van der Waals surface area contributed by atoms with Gasteiger partial charge in [0, 0.05) is 26.2 Å². The summed E-state index contributed by atoms with van der Waals surface area (Å²) in [5.74, 6) is 0. The van der Waals surface area contributed by atoms with E-state index in [1.165, 1.54) is 24.0 Å². The summed E-state index contributed by atoms with van der Waals surface area (Å²) < 4.78 is 0. The Labute approximate surface area is 117 Å². The number of hydrogen-bond donors (Lipinski definition) is 1. The summed E-state index contributed by atoms with van der Waals surface area (Å²) >= 11 is 0. The average molecular weight is 261 g/mol. The monoisotopic (exact) mass is 261 g/mol. The zero-order valence-electron chi connectivity index (χ0n) is 12.5. The molecule has 1 unspecified atom stereocenters. The van der Waals surface area contributed by atoms with Gasteiger partial charge in [0.15, 0.2) is 0 Å². The third-order valence-electron chi connectivity index (χ3n) is 3.80. The van der Waals surface area contributed by atoms with Crippen molar-refractivity contribution in [3.05, 3.63) is 35.4 Å². The molecule has 1 aliphatic rings. The molecular weight excluding hydrogens is 234 g/mol. The standard InChI is InChI=1S/C16H27N3/c1-4-5-14-6-8-15(9-7-14)16(18(2)3)19-12-10-17-11-13-19/h6-9,16-17H,4-5,10-13H2,1-3H3. The molecule has 0 radical (unpaired) electrons. The third kappa shape index (κ3) is 3.78. The van der Waals surface area contributed by atoms with E-state index in [-0.39, 0.29) is 0 Å². The van der Waals surface area contributed by atoms with Crippen LogP contribution in [0.15, 0.2) is 24.3 Å². The molecule has 1 heterocycles. The molecule has 1 aromatic carbocycles. The van der Waals surface area contributed by atoms with Gasteiger partial charge in [-0.05, 0) is 31.6 Å². The molecule has 0 spiro atoms. The van der Waals surface area contributed by atoms with Crippen molar-refractivity contribution in [3.8, 4) is 0 Å². The Kier molecular flexibility index (Phi) is 5.37. The van der Waals surface area contributed by atoms with E-state index in [4.69, 9.17) is 0 Å². The molecule has 2 rings (SSSR count). The topological polar surface area (TPSA) is 18.5 Å². The van der Waals surface area contributed by atoms with Crippen molar-refractivity contribution < 1.29 is 0 Å². The lowest BCUT2D eigenvalue weighted by Gasteiger charge is -2.38. The van der Waals surface area contributed by atoms with Gasteiger partial charge in [0.25, 0.3) is 0 Å². The molecule has 0 saturated carbocycles. The van der Waals surface area contributed by atoms with Crippen LogP contribution in [0, 0.1) is 0 Å². The Balaban J connectivity index is 2.13. The van der Waals surface area contributed by atoms with Crippen LogP contribution in [0.25, 0.3) is 0 Å². The Morgan fingerprint density at radius 1 is 1.16 bits per heavy atom. The molecule has 0 bridgehead atoms. The first kappa shape index (κ1) is 14.5. The van der Waals surface area contributed by atoms with Crippen LogP contribution in [0.5, 0.6) is 0 Å². The predicted octanol–water partition coefficient (Wildman–Crippen LogP) is 2.10. The summed E-state index contributed by atoms with van der Waals surface area (Å²) in [6.45, 7) is 6.67. The quantitative estimate of drug-likeness (QED) is 0.876. The van der Waals surface area contributed by atoms with Gasteiger partial charge in [-0.3, -0.25) is 9.80 Å². The molecule has 19 heavy (non-hydrogen) atoms. The van der Waals surface area contributed by atoms with E-state index in [1.54, 1.807) is 0 Å². The van der Waals surface area contributed by atoms with Crippen LogP contribution in [0.2, 0.25) is 0 Å². The number of rotatable bonds is 5. The Morgan fingerprint density at radius 2 is 1.79 bits per heavy atom. The first-order valence-corrected chi connectivity index (χ1v) is 7.42. The molecule has 0 aliphatic carbocycles. The Bertz CT molecular complexity index is 366. The number of nitrogens with zero attached hydrogens (tertiary/aromatic N) is 2. The fourth-order valence-electron chi connectivity index (χ4n) is 2.91. The largest absolute Gasteiger partial charge is 0.314 e. The lowest BCUT2D eigenvalue weighted by Crippen LogP contribution is -2.48. The number of piperazine rings is 1. The maximum atomic E-state index is 3.43. The summed E-state index contributed by atoms with van der Waals surface area (Å²) in [4.78, 5) is 4.88. The third-order valence-corrected chi connectivity index (χ3v) is 3.80. The van der Waals surface area contributed by atoms with Crippen molar-refractivity contribution in [1.82, 2.24) is 15.1 Å². The zero-order chi connectivity index (χ0) is 13.7. The Hall–Kier alpha value is -0.900. The van der Waals surface area contributed by atoms with Crippen molar-refractivity contribution in [2.24, 2.45) is 0 Å². The van der Waals surface area contributed by atoms with Crippen molar-refractivity contribution in [1.29, 1.82) is 0 Å². The van der Waals surface area contributed by atoms with E-state index in [1.807, 2.05) is 0 Å². The minimum Gasteiger partial charge on any atom is -0.314 e. The summed E-state index contributed by atoms with van der Waals surface area (Å²) in [6, 6.07) is 9.18. The maximum Gasteiger partial charge on any atom is 0.0882 e. The molecule has 1 saturated heterocycles. The smallest absolute Gasteiger partial charge is 0.0882 e. The molecule has 0 aromatic heterocycles. The van der Waals surface area contributed by atoms with Gasteiger partial charge >= 0.3 is 0 Å². The minimum atomic E-state index is 0.401. The van der Waals surface area contributed by atoms with Gasteiger partial charge < -0.3 is 5.32 Å². The van der Waals surface area contributed by atoms with Gasteiger partial charge in [0.05, 0.1) is 6.17 Å². The lowest BCUT2D eigenvalue weighted by molar-refractivity contribution is 0.0673. The van der Waals surface area contributed by atoms with Crippen LogP contribution in [0.1, 0.15) is 30.6 Å². The fourth-order valence-corrected chi connectivity index (χ4v) is 2.91. The van der Waals surface area contributed by atoms with Crippen LogP contribution in [-0.2, 0) is 6.42 Å². The van der Waals surface area contributed by atoms with Gasteiger partial charge in [0.2, 0.25) is 0 Å². The maximum absolute atomic E-state index is 3.43. The molecule has 1 aliphatic heterocycles. The van der Waals surface area contributed by atoms with E-state index >= 15 is 0 Å². The highest BCUT2D eigenvalue weighted by Gasteiger charge is 2.23. The van der Waals surface area contributed by atoms with Gasteiger partial charge in [-0.25, -0.2) is 0 Å². The van der Waals surface area contributed by atoms with E-state index < -0.39 is 0 Å². The number of benzene rings is 1. The summed E-state index contributed by atoms with van der Waals surface area (Å²) in [5, 5.41) is 3.43. The molecule has 1 fully saturated rings. The number of nitrogens with one attached hydrogen (secondary N) is 1. The highest BCUT2D eigenvalue weighted by atomic mass is 15.3. The minimum absolute atomic E-state index is 0.401. The molecule has 3 nitrogen and oxygen atoms in total. The predicted molar refractivity (Wildman–Crippen MR) is 81.3 cm³/mol. The second kappa shape index (κ2) is 7.04. The van der Waals surface area contributed by atoms with Gasteiger partial charge in [0.1, 0.15) is 0 Å². The van der Waals surface area contributed by atoms with Crippen molar-refractivity contribution in [2.75, 3.05) is 40.3 Å². The normalized spacial score (nSPS) is 18.7. The van der Waals surface area contributed by atoms with Crippen molar-refractivity contribution in [2.45, 2.75) is 25.9 Å². The zero-order valence-corrected chi connectivity index (χ0v) is 12.5. The average Bonchev–Trinajstić information content (AvgIpc) is 2.42. The van der Waals surface area contributed by atoms with Gasteiger partial charge in [-0.15, -0.1) is 0 Å². The van der Waals surface area contributed by atoms with Crippen LogP contribution < -0.4 is 5.32 Å². The first-order valence-electron chi connectivity index (χ1n) is 7.42. The van der Waals surface area contributed by atoms with Gasteiger partial charge in [-0.2, -0.15) is 0 Å². The van der Waals surface area contributed by atoms with Crippen LogP contribution >= 0.6 is 0 Å². The van der Waals surface area contributed by atoms with Crippen LogP contribution in [0.3, 0.4) is 0 Å². The molecule has 1 aromatic rings. The molecule has 1 atom stereocenters. The lowest BCUT2D eigenvalue weighted by atomic mass is 10.0. The van der Waals surface area contributed by atoms with E-state index in [9.17, 15) is 0 Å². The highest BCUT2D eigenvalue weighted by Crippen LogP contribution is 2.23. The van der Waals surface area contributed by atoms with Crippen molar-refractivity contribution >= 4 is 0 Å². The summed E-state index contributed by atoms with van der Waals surface area (Å²) in [5.41, 5.74) is 2.86. The van der Waals surface area contributed by atoms with E-state index in [0.29, 0.717) is 6.17 Å². The number of aryl methyl sites for hydroxylation is 1. The Morgan fingerprint density at radius 3 is 2.32 bits per heavy atom. The molecule has 3 heteroatoms. The van der Waals surface area contributed by atoms with Gasteiger partial charge in [-0.1, -0.05) is 37.6 Å². The second-order valence-corrected chi connectivity index (χ2v) is 5.61. The second-order valence-electron chi connectivity index (χ2n) is 5.61. The van der Waals surface area contributed by atoms with E-state index in [2.05, 4.69) is 60.4 Å². The van der Waals surface area contributed by atoms with Crippen molar-refractivity contribution in [3.63, 3.8) is 0 Å². The highest BCUT2D eigenvalue weighted by molar-refractivity contribution is 5.25. The molecule has 0 amide bonds. The summed E-state index contributed by atoms with van der Waals surface area (Å²) in [7, 11) is 4.35. The fraction of sp³-hybridized carbons (Fsp3) is 0.625. The SMILES string of the molecule is CCCc1ccc(C(N(C)C)N2CCNCC2)cc1.